The number of rotatable bonds is 6. The fraction of sp³-hybridized carbons (Fsp3) is 0.364. The minimum absolute atomic E-state index is 0.179. The fourth-order valence-electron chi connectivity index (χ4n) is 1.18. The number of hydrogen-bond donors (Lipinski definition) is 1. The first-order valence-corrected chi connectivity index (χ1v) is 5.00. The van der Waals surface area contributed by atoms with Gasteiger partial charge in [0.15, 0.2) is 0 Å². The van der Waals surface area contributed by atoms with Crippen LogP contribution in [0.1, 0.15) is 5.56 Å². The van der Waals surface area contributed by atoms with E-state index in [2.05, 4.69) is 16.9 Å². The predicted molar refractivity (Wildman–Crippen MR) is 58.7 cm³/mol. The molecule has 3 nitrogen and oxygen atoms in total. The molecule has 0 unspecified atom stereocenters. The molecular formula is C11H13F3N2O. The average Bonchev–Trinajstić information content (AvgIpc) is 2.28. The van der Waals surface area contributed by atoms with Gasteiger partial charge >= 0.3 is 6.18 Å². The van der Waals surface area contributed by atoms with Gasteiger partial charge in [0.1, 0.15) is 5.82 Å². The fourth-order valence-corrected chi connectivity index (χ4v) is 1.18. The maximum Gasteiger partial charge on any atom is 0.419 e. The Kier molecular flexibility index (Phi) is 4.96. The molecular weight excluding hydrogens is 233 g/mol. The van der Waals surface area contributed by atoms with Crippen molar-refractivity contribution in [2.75, 3.05) is 25.1 Å². The van der Waals surface area contributed by atoms with Crippen molar-refractivity contribution in [3.05, 3.63) is 36.5 Å². The van der Waals surface area contributed by atoms with Crippen molar-refractivity contribution in [1.29, 1.82) is 0 Å². The summed E-state index contributed by atoms with van der Waals surface area (Å²) in [6.45, 7) is 4.38. The van der Waals surface area contributed by atoms with Gasteiger partial charge in [-0.25, -0.2) is 4.98 Å². The van der Waals surface area contributed by atoms with Crippen LogP contribution < -0.4 is 5.32 Å². The van der Waals surface area contributed by atoms with Crippen LogP contribution in [0, 0.1) is 0 Å². The van der Waals surface area contributed by atoms with Gasteiger partial charge in [0.25, 0.3) is 0 Å². The lowest BCUT2D eigenvalue weighted by Gasteiger charge is -2.12. The Morgan fingerprint density at radius 1 is 1.47 bits per heavy atom. The first-order chi connectivity index (χ1) is 8.05. The van der Waals surface area contributed by atoms with Crippen molar-refractivity contribution in [2.45, 2.75) is 6.18 Å². The Bertz CT molecular complexity index is 366. The number of nitrogens with zero attached hydrogens (tertiary/aromatic N) is 1. The number of nitrogens with one attached hydrogen (secondary N) is 1. The zero-order valence-corrected chi connectivity index (χ0v) is 9.13. The molecule has 0 saturated heterocycles. The number of alkyl halides is 3. The summed E-state index contributed by atoms with van der Waals surface area (Å²) in [5, 5.41) is 2.59. The van der Waals surface area contributed by atoms with E-state index >= 15 is 0 Å². The Hall–Kier alpha value is -1.56. The summed E-state index contributed by atoms with van der Waals surface area (Å²) >= 11 is 0. The molecule has 0 aliphatic heterocycles. The average molecular weight is 246 g/mol. The van der Waals surface area contributed by atoms with Crippen LogP contribution in [0.4, 0.5) is 19.0 Å². The smallest absolute Gasteiger partial charge is 0.376 e. The van der Waals surface area contributed by atoms with E-state index in [0.717, 1.165) is 6.07 Å². The highest BCUT2D eigenvalue weighted by atomic mass is 19.4. The Morgan fingerprint density at radius 2 is 2.24 bits per heavy atom. The maximum absolute atomic E-state index is 12.6. The lowest BCUT2D eigenvalue weighted by Crippen LogP contribution is -2.15. The minimum Gasteiger partial charge on any atom is -0.376 e. The number of halogens is 3. The van der Waals surface area contributed by atoms with Gasteiger partial charge in [0.2, 0.25) is 0 Å². The van der Waals surface area contributed by atoms with Crippen LogP contribution in [0.3, 0.4) is 0 Å². The number of aromatic nitrogens is 1. The van der Waals surface area contributed by atoms with Crippen molar-refractivity contribution in [3.8, 4) is 0 Å². The summed E-state index contributed by atoms with van der Waals surface area (Å²) in [7, 11) is 0. The number of anilines is 1. The summed E-state index contributed by atoms with van der Waals surface area (Å²) in [6.07, 6.45) is -1.53. The Balaban J connectivity index is 2.56. The third kappa shape index (κ3) is 4.44. The minimum atomic E-state index is -4.40. The van der Waals surface area contributed by atoms with Crippen LogP contribution in [-0.4, -0.2) is 24.7 Å². The number of ether oxygens (including phenoxy) is 1. The second kappa shape index (κ2) is 6.24. The molecule has 1 N–H and O–H groups in total. The molecule has 0 radical (unpaired) electrons. The number of pyridine rings is 1. The van der Waals surface area contributed by atoms with Crippen molar-refractivity contribution in [1.82, 2.24) is 4.98 Å². The highest BCUT2D eigenvalue weighted by molar-refractivity contribution is 5.45. The molecule has 1 heterocycles. The van der Waals surface area contributed by atoms with Crippen molar-refractivity contribution in [2.24, 2.45) is 0 Å². The summed E-state index contributed by atoms with van der Waals surface area (Å²) in [6, 6.07) is 2.24. The number of hydrogen-bond acceptors (Lipinski definition) is 3. The van der Waals surface area contributed by atoms with Crippen LogP contribution in [0.2, 0.25) is 0 Å². The zero-order valence-electron chi connectivity index (χ0n) is 9.13. The van der Waals surface area contributed by atoms with Gasteiger partial charge in [-0.15, -0.1) is 6.58 Å². The van der Waals surface area contributed by atoms with Crippen molar-refractivity contribution >= 4 is 5.82 Å². The Labute approximate surface area is 97.3 Å². The van der Waals surface area contributed by atoms with Gasteiger partial charge in [-0.05, 0) is 12.1 Å². The molecule has 0 fully saturated rings. The summed E-state index contributed by atoms with van der Waals surface area (Å²) in [5.41, 5.74) is -0.774. The molecule has 0 atom stereocenters. The monoisotopic (exact) mass is 246 g/mol. The van der Waals surface area contributed by atoms with Gasteiger partial charge in [-0.1, -0.05) is 6.08 Å². The molecule has 0 aliphatic rings. The quantitative estimate of drug-likeness (QED) is 0.619. The molecule has 0 amide bonds. The van der Waals surface area contributed by atoms with Gasteiger partial charge in [-0.3, -0.25) is 0 Å². The lowest BCUT2D eigenvalue weighted by molar-refractivity contribution is -0.137. The molecule has 1 aromatic heterocycles. The second-order valence-corrected chi connectivity index (χ2v) is 3.19. The van der Waals surface area contributed by atoms with E-state index in [1.54, 1.807) is 6.08 Å². The second-order valence-electron chi connectivity index (χ2n) is 3.19. The van der Waals surface area contributed by atoms with Crippen LogP contribution in [0.5, 0.6) is 0 Å². The van der Waals surface area contributed by atoms with Crippen LogP contribution in [0.15, 0.2) is 31.0 Å². The van der Waals surface area contributed by atoms with E-state index in [1.807, 2.05) is 0 Å². The highest BCUT2D eigenvalue weighted by Gasteiger charge is 2.33. The van der Waals surface area contributed by atoms with E-state index in [1.165, 1.54) is 12.3 Å². The first kappa shape index (κ1) is 13.5. The summed E-state index contributed by atoms with van der Waals surface area (Å²) in [5.74, 6) is -0.179. The molecule has 0 aliphatic carbocycles. The SMILES string of the molecule is C=CCOCCNc1ncccc1C(F)(F)F. The van der Waals surface area contributed by atoms with Crippen LogP contribution in [-0.2, 0) is 10.9 Å². The van der Waals surface area contributed by atoms with Gasteiger partial charge in [-0.2, -0.15) is 13.2 Å². The first-order valence-electron chi connectivity index (χ1n) is 5.00. The maximum atomic E-state index is 12.6. The molecule has 0 saturated carbocycles. The van der Waals surface area contributed by atoms with Crippen LogP contribution >= 0.6 is 0 Å². The topological polar surface area (TPSA) is 34.1 Å². The van der Waals surface area contributed by atoms with E-state index in [4.69, 9.17) is 4.74 Å². The normalized spacial score (nSPS) is 11.2. The molecule has 17 heavy (non-hydrogen) atoms. The van der Waals surface area contributed by atoms with E-state index < -0.39 is 11.7 Å². The third-order valence-corrected chi connectivity index (χ3v) is 1.89. The van der Waals surface area contributed by atoms with Crippen molar-refractivity contribution in [3.63, 3.8) is 0 Å². The Morgan fingerprint density at radius 3 is 2.88 bits per heavy atom. The molecule has 0 spiro atoms. The van der Waals surface area contributed by atoms with E-state index in [-0.39, 0.29) is 12.4 Å². The highest BCUT2D eigenvalue weighted by Crippen LogP contribution is 2.33. The third-order valence-electron chi connectivity index (χ3n) is 1.89. The van der Waals surface area contributed by atoms with Crippen molar-refractivity contribution < 1.29 is 17.9 Å². The molecule has 1 aromatic rings. The van der Waals surface area contributed by atoms with E-state index in [9.17, 15) is 13.2 Å². The standard InChI is InChI=1S/C11H13F3N2O/c1-2-7-17-8-6-16-10-9(11(12,13)14)4-3-5-15-10/h2-5H,1,6-8H2,(H,15,16). The van der Waals surface area contributed by atoms with E-state index in [0.29, 0.717) is 13.2 Å². The molecule has 0 bridgehead atoms. The van der Waals surface area contributed by atoms with Crippen LogP contribution in [0.25, 0.3) is 0 Å². The summed E-state index contributed by atoms with van der Waals surface area (Å²) < 4.78 is 42.7. The molecule has 0 aromatic carbocycles. The van der Waals surface area contributed by atoms with Gasteiger partial charge in [0.05, 0.1) is 18.8 Å². The molecule has 6 heteroatoms. The summed E-state index contributed by atoms with van der Waals surface area (Å²) in [4.78, 5) is 3.66. The molecule has 1 rings (SSSR count). The van der Waals surface area contributed by atoms with Gasteiger partial charge in [0, 0.05) is 12.7 Å². The largest absolute Gasteiger partial charge is 0.419 e. The lowest BCUT2D eigenvalue weighted by atomic mass is 10.2. The predicted octanol–water partition coefficient (Wildman–Crippen LogP) is 2.71. The molecule has 94 valence electrons. The zero-order chi connectivity index (χ0) is 12.7. The van der Waals surface area contributed by atoms with Gasteiger partial charge < -0.3 is 10.1 Å².